The van der Waals surface area contributed by atoms with Crippen LogP contribution in [0.1, 0.15) is 18.4 Å². The Morgan fingerprint density at radius 2 is 2.14 bits per heavy atom. The van der Waals surface area contributed by atoms with Gasteiger partial charge in [0, 0.05) is 13.6 Å². The van der Waals surface area contributed by atoms with Crippen molar-refractivity contribution in [3.63, 3.8) is 0 Å². The lowest BCUT2D eigenvalue weighted by Gasteiger charge is -2.19. The molecule has 0 aliphatic carbocycles. The number of allylic oxidation sites excluding steroid dienone is 1. The molecular formula is C15H24N2O3S. The second-order valence-corrected chi connectivity index (χ2v) is 6.78. The van der Waals surface area contributed by atoms with Crippen molar-refractivity contribution in [2.75, 3.05) is 27.2 Å². The molecule has 6 heteroatoms. The number of ether oxygens (including phenoxy) is 1. The Balaban J connectivity index is 3.08. The first-order chi connectivity index (χ1) is 9.97. The van der Waals surface area contributed by atoms with Crippen molar-refractivity contribution >= 4 is 10.0 Å². The first-order valence-electron chi connectivity index (χ1n) is 6.91. The number of hydrogen-bond donors (Lipinski definition) is 1. The van der Waals surface area contributed by atoms with E-state index in [-0.39, 0.29) is 0 Å². The van der Waals surface area contributed by atoms with Crippen molar-refractivity contribution in [2.24, 2.45) is 5.73 Å². The summed E-state index contributed by atoms with van der Waals surface area (Å²) in [4.78, 5) is 0.301. The fraction of sp³-hybridized carbons (Fsp3) is 0.467. The van der Waals surface area contributed by atoms with Crippen LogP contribution in [0.4, 0.5) is 0 Å². The van der Waals surface area contributed by atoms with Gasteiger partial charge < -0.3 is 10.5 Å². The van der Waals surface area contributed by atoms with E-state index in [2.05, 4.69) is 6.58 Å². The number of nitrogens with zero attached hydrogens (tertiary/aromatic N) is 1. The molecule has 0 amide bonds. The number of benzene rings is 1. The predicted molar refractivity (Wildman–Crippen MR) is 85.0 cm³/mol. The third-order valence-electron chi connectivity index (χ3n) is 3.25. The second kappa shape index (κ2) is 8.17. The molecule has 21 heavy (non-hydrogen) atoms. The van der Waals surface area contributed by atoms with Gasteiger partial charge in [-0.3, -0.25) is 0 Å². The summed E-state index contributed by atoms with van der Waals surface area (Å²) in [6, 6.07) is 4.98. The average Bonchev–Trinajstić information content (AvgIpc) is 2.47. The van der Waals surface area contributed by atoms with Crippen LogP contribution in [0, 0.1) is 0 Å². The van der Waals surface area contributed by atoms with Gasteiger partial charge in [0.1, 0.15) is 5.75 Å². The normalized spacial score (nSPS) is 11.6. The Hall–Kier alpha value is -1.37. The maximum Gasteiger partial charge on any atom is 0.243 e. The van der Waals surface area contributed by atoms with Crippen molar-refractivity contribution in [3.8, 4) is 5.75 Å². The van der Waals surface area contributed by atoms with Crippen LogP contribution < -0.4 is 10.5 Å². The molecule has 1 aromatic carbocycles. The Morgan fingerprint density at radius 1 is 1.43 bits per heavy atom. The van der Waals surface area contributed by atoms with Gasteiger partial charge in [-0.15, -0.1) is 6.58 Å². The van der Waals surface area contributed by atoms with Crippen LogP contribution in [0.2, 0.25) is 0 Å². The number of unbranched alkanes of at least 4 members (excludes halogenated alkanes) is 1. The van der Waals surface area contributed by atoms with Crippen molar-refractivity contribution in [2.45, 2.75) is 24.2 Å². The number of hydrogen-bond acceptors (Lipinski definition) is 4. The minimum absolute atomic E-state index is 0.301. The van der Waals surface area contributed by atoms with E-state index < -0.39 is 10.0 Å². The molecule has 0 saturated heterocycles. The lowest BCUT2D eigenvalue weighted by molar-refractivity contribution is 0.413. The van der Waals surface area contributed by atoms with Gasteiger partial charge in [0.15, 0.2) is 0 Å². The van der Waals surface area contributed by atoms with Gasteiger partial charge in [-0.25, -0.2) is 12.7 Å². The quantitative estimate of drug-likeness (QED) is 0.557. The van der Waals surface area contributed by atoms with Crippen LogP contribution in [-0.4, -0.2) is 40.0 Å². The molecule has 0 saturated carbocycles. The SMILES string of the molecule is C=CCCCN(C)S(=O)(=O)c1ccc(OC)cc1CCN. The third kappa shape index (κ3) is 4.56. The topological polar surface area (TPSA) is 72.6 Å². The highest BCUT2D eigenvalue weighted by molar-refractivity contribution is 7.89. The molecule has 2 N–H and O–H groups in total. The van der Waals surface area contributed by atoms with Gasteiger partial charge >= 0.3 is 0 Å². The largest absolute Gasteiger partial charge is 0.497 e. The van der Waals surface area contributed by atoms with Gasteiger partial charge in [0.05, 0.1) is 12.0 Å². The monoisotopic (exact) mass is 312 g/mol. The van der Waals surface area contributed by atoms with E-state index in [1.807, 2.05) is 0 Å². The molecule has 0 atom stereocenters. The van der Waals surface area contributed by atoms with Crippen molar-refractivity contribution in [1.82, 2.24) is 4.31 Å². The van der Waals surface area contributed by atoms with Crippen LogP contribution in [0.5, 0.6) is 5.75 Å². The highest BCUT2D eigenvalue weighted by atomic mass is 32.2. The molecule has 0 radical (unpaired) electrons. The number of nitrogens with two attached hydrogens (primary N) is 1. The zero-order chi connectivity index (χ0) is 15.9. The molecule has 0 aliphatic rings. The van der Waals surface area contributed by atoms with Gasteiger partial charge in [0.2, 0.25) is 10.0 Å². The molecule has 118 valence electrons. The van der Waals surface area contributed by atoms with Crippen molar-refractivity contribution in [3.05, 3.63) is 36.4 Å². The molecule has 1 aromatic rings. The molecule has 0 heterocycles. The molecule has 1 rings (SSSR count). The summed E-state index contributed by atoms with van der Waals surface area (Å²) in [5.74, 6) is 0.631. The van der Waals surface area contributed by atoms with E-state index in [4.69, 9.17) is 10.5 Å². The fourth-order valence-corrected chi connectivity index (χ4v) is 3.47. The Labute approximate surface area is 127 Å². The predicted octanol–water partition coefficient (Wildman–Crippen LogP) is 1.78. The summed E-state index contributed by atoms with van der Waals surface area (Å²) < 4.78 is 31.8. The van der Waals surface area contributed by atoms with Crippen molar-refractivity contribution in [1.29, 1.82) is 0 Å². The molecule has 0 unspecified atom stereocenters. The van der Waals surface area contributed by atoms with E-state index in [0.29, 0.717) is 35.7 Å². The molecule has 5 nitrogen and oxygen atoms in total. The van der Waals surface area contributed by atoms with Gasteiger partial charge in [-0.2, -0.15) is 0 Å². The highest BCUT2D eigenvalue weighted by Crippen LogP contribution is 2.24. The maximum absolute atomic E-state index is 12.6. The standard InChI is InChI=1S/C15H24N2O3S/c1-4-5-6-11-17(2)21(18,19)15-8-7-14(20-3)12-13(15)9-10-16/h4,7-8,12H,1,5-6,9-11,16H2,2-3H3. The zero-order valence-electron chi connectivity index (χ0n) is 12.7. The Morgan fingerprint density at radius 3 is 2.71 bits per heavy atom. The summed E-state index contributed by atoms with van der Waals surface area (Å²) in [5.41, 5.74) is 6.27. The number of rotatable bonds is 9. The maximum atomic E-state index is 12.6. The van der Waals surface area contributed by atoms with E-state index in [0.717, 1.165) is 12.8 Å². The minimum atomic E-state index is -3.51. The van der Waals surface area contributed by atoms with E-state index in [9.17, 15) is 8.42 Å². The summed E-state index contributed by atoms with van der Waals surface area (Å²) >= 11 is 0. The van der Waals surface area contributed by atoms with Crippen LogP contribution in [0.3, 0.4) is 0 Å². The van der Waals surface area contributed by atoms with E-state index in [1.165, 1.54) is 4.31 Å². The summed E-state index contributed by atoms with van der Waals surface area (Å²) in [6.45, 7) is 4.49. The molecule has 0 aliphatic heterocycles. The van der Waals surface area contributed by atoms with E-state index >= 15 is 0 Å². The number of methoxy groups -OCH3 is 1. The molecule has 0 aromatic heterocycles. The molecule has 0 spiro atoms. The summed E-state index contributed by atoms with van der Waals surface area (Å²) in [7, 11) is -0.364. The first kappa shape index (κ1) is 17.7. The van der Waals surface area contributed by atoms with Gasteiger partial charge in [-0.1, -0.05) is 6.08 Å². The lowest BCUT2D eigenvalue weighted by atomic mass is 10.1. The number of sulfonamides is 1. The van der Waals surface area contributed by atoms with Gasteiger partial charge in [0.25, 0.3) is 0 Å². The summed E-state index contributed by atoms with van der Waals surface area (Å²) in [6.07, 6.45) is 3.82. The average molecular weight is 312 g/mol. The van der Waals surface area contributed by atoms with Gasteiger partial charge in [-0.05, 0) is 49.6 Å². The minimum Gasteiger partial charge on any atom is -0.497 e. The molecule has 0 fully saturated rings. The zero-order valence-corrected chi connectivity index (χ0v) is 13.5. The van der Waals surface area contributed by atoms with E-state index in [1.54, 1.807) is 38.4 Å². The third-order valence-corrected chi connectivity index (χ3v) is 5.21. The summed E-state index contributed by atoms with van der Waals surface area (Å²) in [5, 5.41) is 0. The first-order valence-corrected chi connectivity index (χ1v) is 8.35. The lowest BCUT2D eigenvalue weighted by Crippen LogP contribution is -2.29. The van der Waals surface area contributed by atoms with Crippen LogP contribution >= 0.6 is 0 Å². The van der Waals surface area contributed by atoms with Crippen LogP contribution in [0.25, 0.3) is 0 Å². The van der Waals surface area contributed by atoms with Crippen molar-refractivity contribution < 1.29 is 13.2 Å². The molecule has 0 bridgehead atoms. The van der Waals surface area contributed by atoms with Crippen LogP contribution in [-0.2, 0) is 16.4 Å². The fourth-order valence-electron chi connectivity index (χ4n) is 2.03. The Bertz CT molecular complexity index is 570. The second-order valence-electron chi connectivity index (χ2n) is 4.77. The van der Waals surface area contributed by atoms with Crippen LogP contribution in [0.15, 0.2) is 35.7 Å². The Kier molecular flexibility index (Phi) is 6.87. The highest BCUT2D eigenvalue weighted by Gasteiger charge is 2.23. The smallest absolute Gasteiger partial charge is 0.243 e. The molecular weight excluding hydrogens is 288 g/mol.